The van der Waals surface area contributed by atoms with Crippen molar-refractivity contribution in [3.8, 4) is 10.6 Å². The largest absolute Gasteiger partial charge is 0.444 e. The fourth-order valence-corrected chi connectivity index (χ4v) is 6.34. The number of carbonyl (C=O) groups excluding carboxylic acids is 2. The number of halogens is 1. The Morgan fingerprint density at radius 1 is 1.28 bits per heavy atom. The van der Waals surface area contributed by atoms with Crippen molar-refractivity contribution in [2.24, 2.45) is 0 Å². The molecule has 1 atom stereocenters. The molecule has 36 heavy (non-hydrogen) atoms. The van der Waals surface area contributed by atoms with E-state index < -0.39 is 5.60 Å². The summed E-state index contributed by atoms with van der Waals surface area (Å²) in [4.78, 5) is 32.9. The van der Waals surface area contributed by atoms with Crippen molar-refractivity contribution in [3.63, 3.8) is 0 Å². The first kappa shape index (κ1) is 26.5. The summed E-state index contributed by atoms with van der Waals surface area (Å²) in [5.41, 5.74) is 1.98. The van der Waals surface area contributed by atoms with E-state index in [1.165, 1.54) is 34.8 Å². The number of benzene rings is 1. The topological polar surface area (TPSA) is 83.6 Å². The average molecular weight is 533 g/mol. The standard InChI is InChI=1S/C26H33FN4O3S2/c1-6-15(2)28-11-9-21(32)30-24-22(23-29-18-13-16(27)7-8-19(18)35-23)17-10-12-31(14-20(17)36-24)25(33)34-26(3,4)5/h7-8,13,15,28H,6,9-12,14H2,1-5H3,(H,30,32). The van der Waals surface area contributed by atoms with Gasteiger partial charge in [0.15, 0.2) is 0 Å². The number of nitrogens with zero attached hydrogens (tertiary/aromatic N) is 2. The highest BCUT2D eigenvalue weighted by Gasteiger charge is 2.31. The van der Waals surface area contributed by atoms with Crippen molar-refractivity contribution in [1.82, 2.24) is 15.2 Å². The summed E-state index contributed by atoms with van der Waals surface area (Å²) >= 11 is 2.95. The maximum absolute atomic E-state index is 13.8. The molecular formula is C26H33FN4O3S2. The fraction of sp³-hybridized carbons (Fsp3) is 0.500. The Bertz CT molecular complexity index is 1260. The van der Waals surface area contributed by atoms with Crippen LogP contribution in [0.25, 0.3) is 20.8 Å². The van der Waals surface area contributed by atoms with Gasteiger partial charge in [0.2, 0.25) is 5.91 Å². The lowest BCUT2D eigenvalue weighted by molar-refractivity contribution is -0.116. The van der Waals surface area contributed by atoms with Gasteiger partial charge in [-0.1, -0.05) is 6.92 Å². The second-order valence-corrected chi connectivity index (χ2v) is 12.2. The number of ether oxygens (including phenoxy) is 1. The summed E-state index contributed by atoms with van der Waals surface area (Å²) in [5.74, 6) is -0.413. The van der Waals surface area contributed by atoms with Gasteiger partial charge < -0.3 is 20.3 Å². The minimum atomic E-state index is -0.573. The molecule has 4 rings (SSSR count). The number of anilines is 1. The van der Waals surface area contributed by atoms with Crippen LogP contribution in [0.15, 0.2) is 18.2 Å². The number of nitrogens with one attached hydrogen (secondary N) is 2. The van der Waals surface area contributed by atoms with Gasteiger partial charge in [-0.2, -0.15) is 0 Å². The van der Waals surface area contributed by atoms with Crippen molar-refractivity contribution < 1.29 is 18.7 Å². The van der Waals surface area contributed by atoms with Crippen LogP contribution in [0.1, 0.15) is 57.9 Å². The molecule has 0 spiro atoms. The molecule has 0 aliphatic carbocycles. The lowest BCUT2D eigenvalue weighted by Crippen LogP contribution is -2.39. The summed E-state index contributed by atoms with van der Waals surface area (Å²) in [5, 5.41) is 7.90. The van der Waals surface area contributed by atoms with Crippen molar-refractivity contribution in [3.05, 3.63) is 34.5 Å². The van der Waals surface area contributed by atoms with Gasteiger partial charge in [0.1, 0.15) is 21.4 Å². The molecule has 0 fully saturated rings. The zero-order valence-electron chi connectivity index (χ0n) is 21.4. The molecule has 1 aliphatic heterocycles. The number of aromatic nitrogens is 1. The lowest BCUT2D eigenvalue weighted by Gasteiger charge is -2.30. The van der Waals surface area contributed by atoms with Crippen LogP contribution < -0.4 is 10.6 Å². The maximum atomic E-state index is 13.8. The summed E-state index contributed by atoms with van der Waals surface area (Å²) in [6, 6.07) is 4.94. The predicted octanol–water partition coefficient (Wildman–Crippen LogP) is 6.17. The van der Waals surface area contributed by atoms with Crippen LogP contribution in [0.5, 0.6) is 0 Å². The smallest absolute Gasteiger partial charge is 0.410 e. The monoisotopic (exact) mass is 532 g/mol. The summed E-state index contributed by atoms with van der Waals surface area (Å²) in [6.07, 6.45) is 1.62. The molecule has 0 saturated heterocycles. The van der Waals surface area contributed by atoms with Crippen LogP contribution in [0, 0.1) is 5.82 Å². The zero-order chi connectivity index (χ0) is 26.0. The minimum Gasteiger partial charge on any atom is -0.444 e. The first-order valence-corrected chi connectivity index (χ1v) is 13.9. The van der Waals surface area contributed by atoms with E-state index in [1.807, 2.05) is 20.8 Å². The Morgan fingerprint density at radius 3 is 2.78 bits per heavy atom. The van der Waals surface area contributed by atoms with Gasteiger partial charge in [-0.25, -0.2) is 14.2 Å². The van der Waals surface area contributed by atoms with Gasteiger partial charge in [0, 0.05) is 42.1 Å². The first-order chi connectivity index (χ1) is 17.0. The van der Waals surface area contributed by atoms with Gasteiger partial charge >= 0.3 is 6.09 Å². The number of amides is 2. The molecule has 3 heterocycles. The summed E-state index contributed by atoms with van der Waals surface area (Å²) < 4.78 is 20.3. The maximum Gasteiger partial charge on any atom is 0.410 e. The number of carbonyl (C=O) groups is 2. The quantitative estimate of drug-likeness (QED) is 0.380. The Labute approximate surface area is 219 Å². The van der Waals surface area contributed by atoms with Crippen LogP contribution in [-0.2, 0) is 22.5 Å². The number of thiazole rings is 1. The van der Waals surface area contributed by atoms with Gasteiger partial charge in [0.25, 0.3) is 0 Å². The molecule has 0 bridgehead atoms. The number of hydrogen-bond acceptors (Lipinski definition) is 7. The molecule has 2 N–H and O–H groups in total. The van der Waals surface area contributed by atoms with Gasteiger partial charge in [-0.15, -0.1) is 22.7 Å². The molecule has 3 aromatic rings. The first-order valence-electron chi connectivity index (χ1n) is 12.3. The number of thiophene rings is 1. The average Bonchev–Trinajstić information content (AvgIpc) is 3.36. The van der Waals surface area contributed by atoms with Crippen LogP contribution in [0.4, 0.5) is 14.2 Å². The number of fused-ring (bicyclic) bond motifs is 2. The van der Waals surface area contributed by atoms with E-state index in [0.29, 0.717) is 44.0 Å². The Balaban J connectivity index is 1.63. The molecule has 2 aromatic heterocycles. The van der Waals surface area contributed by atoms with E-state index in [9.17, 15) is 14.0 Å². The van der Waals surface area contributed by atoms with Crippen molar-refractivity contribution >= 4 is 49.9 Å². The molecule has 1 unspecified atom stereocenters. The highest BCUT2D eigenvalue weighted by Crippen LogP contribution is 2.46. The van der Waals surface area contributed by atoms with E-state index in [0.717, 1.165) is 37.1 Å². The molecule has 194 valence electrons. The minimum absolute atomic E-state index is 0.0817. The molecule has 1 aliphatic rings. The molecule has 10 heteroatoms. The van der Waals surface area contributed by atoms with Crippen LogP contribution in [-0.4, -0.2) is 46.6 Å². The third-order valence-electron chi connectivity index (χ3n) is 5.98. The molecule has 0 saturated carbocycles. The molecule has 2 amide bonds. The SMILES string of the molecule is CCC(C)NCCC(=O)Nc1sc2c(c1-c1nc3cc(F)ccc3s1)CCN(C(=O)OC(C)(C)C)C2. The number of hydrogen-bond donors (Lipinski definition) is 2. The summed E-state index contributed by atoms with van der Waals surface area (Å²) in [7, 11) is 0. The third-order valence-corrected chi connectivity index (χ3v) is 8.17. The highest BCUT2D eigenvalue weighted by molar-refractivity contribution is 7.22. The lowest BCUT2D eigenvalue weighted by atomic mass is 10.0. The van der Waals surface area contributed by atoms with Gasteiger partial charge in [0.05, 0.1) is 16.8 Å². The molecule has 7 nitrogen and oxygen atoms in total. The second-order valence-electron chi connectivity index (χ2n) is 10.1. The number of rotatable bonds is 7. The Hall–Kier alpha value is -2.56. The van der Waals surface area contributed by atoms with Crippen LogP contribution in [0.2, 0.25) is 0 Å². The van der Waals surface area contributed by atoms with E-state index in [1.54, 1.807) is 11.0 Å². The normalized spacial score (nSPS) is 14.6. The van der Waals surface area contributed by atoms with Crippen molar-refractivity contribution in [2.45, 2.75) is 72.1 Å². The Morgan fingerprint density at radius 2 is 2.06 bits per heavy atom. The van der Waals surface area contributed by atoms with E-state index in [-0.39, 0.29) is 17.8 Å². The van der Waals surface area contributed by atoms with Gasteiger partial charge in [-0.3, -0.25) is 4.79 Å². The Kier molecular flexibility index (Phi) is 7.96. The van der Waals surface area contributed by atoms with E-state index >= 15 is 0 Å². The zero-order valence-corrected chi connectivity index (χ0v) is 23.0. The fourth-order valence-electron chi connectivity index (χ4n) is 3.97. The van der Waals surface area contributed by atoms with Crippen molar-refractivity contribution in [2.75, 3.05) is 18.4 Å². The molecule has 1 aromatic carbocycles. The third kappa shape index (κ3) is 6.22. The van der Waals surface area contributed by atoms with E-state index in [2.05, 4.69) is 24.5 Å². The van der Waals surface area contributed by atoms with Crippen molar-refractivity contribution in [1.29, 1.82) is 0 Å². The van der Waals surface area contributed by atoms with E-state index in [4.69, 9.17) is 9.72 Å². The molecule has 0 radical (unpaired) electrons. The summed E-state index contributed by atoms with van der Waals surface area (Å²) in [6.45, 7) is 11.3. The predicted molar refractivity (Wildman–Crippen MR) is 144 cm³/mol. The second kappa shape index (κ2) is 10.8. The highest BCUT2D eigenvalue weighted by atomic mass is 32.1. The van der Waals surface area contributed by atoms with Crippen LogP contribution in [0.3, 0.4) is 0 Å². The van der Waals surface area contributed by atoms with Gasteiger partial charge in [-0.05, 0) is 58.2 Å². The molecular weight excluding hydrogens is 499 g/mol. The van der Waals surface area contributed by atoms with Crippen LogP contribution >= 0.6 is 22.7 Å².